The zero-order valence-corrected chi connectivity index (χ0v) is 10.3. The fraction of sp³-hybridized carbons (Fsp3) is 0.267. The van der Waals surface area contributed by atoms with Gasteiger partial charge in [0.2, 0.25) is 0 Å². The molecule has 0 bridgehead atoms. The second-order valence-corrected chi connectivity index (χ2v) is 4.65. The van der Waals surface area contributed by atoms with Gasteiger partial charge in [-0.15, -0.1) is 0 Å². The lowest BCUT2D eigenvalue weighted by molar-refractivity contribution is 0.754. The molecule has 1 N–H and O–H groups in total. The molecule has 0 saturated heterocycles. The van der Waals surface area contributed by atoms with E-state index in [9.17, 15) is 0 Å². The Bertz CT molecular complexity index is 507. The van der Waals surface area contributed by atoms with Crippen molar-refractivity contribution in [2.24, 2.45) is 0 Å². The smallest absolute Gasteiger partial charge is 0.0991 e. The lowest BCUT2D eigenvalue weighted by Crippen LogP contribution is -2.15. The van der Waals surface area contributed by atoms with Gasteiger partial charge in [-0.05, 0) is 30.5 Å². The molecule has 92 valence electrons. The van der Waals surface area contributed by atoms with Gasteiger partial charge in [0.15, 0.2) is 0 Å². The minimum atomic E-state index is 0.776. The van der Waals surface area contributed by atoms with Gasteiger partial charge in [-0.3, -0.25) is 0 Å². The van der Waals surface area contributed by atoms with E-state index < -0.39 is 0 Å². The van der Waals surface area contributed by atoms with Crippen molar-refractivity contribution >= 4 is 6.08 Å². The highest BCUT2D eigenvalue weighted by Crippen LogP contribution is 2.18. The van der Waals surface area contributed by atoms with Crippen LogP contribution in [0.2, 0.25) is 0 Å². The fourth-order valence-electron chi connectivity index (χ4n) is 1.89. The van der Waals surface area contributed by atoms with Crippen molar-refractivity contribution in [3.63, 3.8) is 0 Å². The first-order valence-corrected chi connectivity index (χ1v) is 6.40. The van der Waals surface area contributed by atoms with E-state index in [-0.39, 0.29) is 0 Å². The summed E-state index contributed by atoms with van der Waals surface area (Å²) >= 11 is 0. The summed E-state index contributed by atoms with van der Waals surface area (Å²) in [7, 11) is 0. The van der Waals surface area contributed by atoms with Gasteiger partial charge < -0.3 is 9.88 Å². The van der Waals surface area contributed by atoms with Crippen LogP contribution in [0, 0.1) is 0 Å². The van der Waals surface area contributed by atoms with E-state index in [1.165, 1.54) is 18.4 Å². The Hall–Kier alpha value is -1.87. The largest absolute Gasteiger partial charge is 0.311 e. The summed E-state index contributed by atoms with van der Waals surface area (Å²) in [5.74, 6) is 0. The van der Waals surface area contributed by atoms with Crippen molar-refractivity contribution in [3.05, 3.63) is 54.6 Å². The van der Waals surface area contributed by atoms with Gasteiger partial charge in [0.05, 0.1) is 6.33 Å². The number of hydrogen-bond acceptors (Lipinski definition) is 2. The van der Waals surface area contributed by atoms with Crippen LogP contribution in [-0.2, 0) is 0 Å². The van der Waals surface area contributed by atoms with Crippen LogP contribution in [0.5, 0.6) is 0 Å². The highest BCUT2D eigenvalue weighted by molar-refractivity contribution is 5.51. The first kappa shape index (κ1) is 11.2. The maximum absolute atomic E-state index is 4.04. The van der Waals surface area contributed by atoms with Crippen molar-refractivity contribution < 1.29 is 0 Å². The molecule has 3 heteroatoms. The van der Waals surface area contributed by atoms with Gasteiger partial charge in [0, 0.05) is 30.7 Å². The predicted molar refractivity (Wildman–Crippen MR) is 73.6 cm³/mol. The minimum Gasteiger partial charge on any atom is -0.311 e. The highest BCUT2D eigenvalue weighted by atomic mass is 15.0. The molecule has 1 saturated carbocycles. The lowest BCUT2D eigenvalue weighted by atomic mass is 10.2. The van der Waals surface area contributed by atoms with Gasteiger partial charge >= 0.3 is 0 Å². The molecule has 0 radical (unpaired) electrons. The molecule has 1 heterocycles. The molecule has 1 aliphatic rings. The average molecular weight is 239 g/mol. The third-order valence-electron chi connectivity index (χ3n) is 3.11. The van der Waals surface area contributed by atoms with Gasteiger partial charge in [0.25, 0.3) is 0 Å². The molecule has 0 atom stereocenters. The topological polar surface area (TPSA) is 29.9 Å². The van der Waals surface area contributed by atoms with Crippen LogP contribution in [0.4, 0.5) is 0 Å². The summed E-state index contributed by atoms with van der Waals surface area (Å²) in [5.41, 5.74) is 2.37. The Kier molecular flexibility index (Phi) is 3.24. The second kappa shape index (κ2) is 5.19. The SMILES string of the molecule is C(=Cc1ccc(-n2ccnc2)cc1)CNC1CC1. The fourth-order valence-corrected chi connectivity index (χ4v) is 1.89. The van der Waals surface area contributed by atoms with E-state index in [4.69, 9.17) is 0 Å². The molecule has 1 aromatic carbocycles. The van der Waals surface area contributed by atoms with E-state index in [1.807, 2.05) is 17.1 Å². The standard InChI is InChI=1S/C15H17N3/c1(9-17-14-5-6-14)2-13-3-7-15(8-4-13)18-11-10-16-12-18/h1-4,7-8,10-12,14,17H,5-6,9H2. The third-order valence-corrected chi connectivity index (χ3v) is 3.11. The van der Waals surface area contributed by atoms with Crippen molar-refractivity contribution in [3.8, 4) is 5.69 Å². The maximum atomic E-state index is 4.04. The Morgan fingerprint density at radius 3 is 2.78 bits per heavy atom. The molecule has 18 heavy (non-hydrogen) atoms. The molecule has 2 aromatic rings. The Balaban J connectivity index is 1.59. The molecular weight excluding hydrogens is 222 g/mol. The Labute approximate surface area is 107 Å². The summed E-state index contributed by atoms with van der Waals surface area (Å²) in [4.78, 5) is 4.04. The first-order valence-electron chi connectivity index (χ1n) is 6.40. The van der Waals surface area contributed by atoms with E-state index in [2.05, 4.69) is 46.7 Å². The molecule has 0 amide bonds. The van der Waals surface area contributed by atoms with Gasteiger partial charge in [0.1, 0.15) is 0 Å². The molecule has 1 fully saturated rings. The van der Waals surface area contributed by atoms with Crippen molar-refractivity contribution in [2.45, 2.75) is 18.9 Å². The van der Waals surface area contributed by atoms with E-state index in [0.717, 1.165) is 18.3 Å². The van der Waals surface area contributed by atoms with Gasteiger partial charge in [-0.25, -0.2) is 4.98 Å². The van der Waals surface area contributed by atoms with Crippen LogP contribution in [0.25, 0.3) is 11.8 Å². The molecule has 0 spiro atoms. The lowest BCUT2D eigenvalue weighted by Gasteiger charge is -2.02. The number of imidazole rings is 1. The number of hydrogen-bond donors (Lipinski definition) is 1. The van der Waals surface area contributed by atoms with Crippen LogP contribution in [0.15, 0.2) is 49.1 Å². The Morgan fingerprint density at radius 1 is 1.28 bits per heavy atom. The molecular formula is C15H17N3. The van der Waals surface area contributed by atoms with Crippen LogP contribution < -0.4 is 5.32 Å². The quantitative estimate of drug-likeness (QED) is 0.869. The molecule has 1 aromatic heterocycles. The zero-order chi connectivity index (χ0) is 12.2. The number of aromatic nitrogens is 2. The summed E-state index contributed by atoms with van der Waals surface area (Å²) in [6.45, 7) is 0.966. The van der Waals surface area contributed by atoms with Crippen molar-refractivity contribution in [1.29, 1.82) is 0 Å². The average Bonchev–Trinajstić information content (AvgIpc) is 3.07. The third kappa shape index (κ3) is 2.87. The van der Waals surface area contributed by atoms with E-state index >= 15 is 0 Å². The summed E-state index contributed by atoms with van der Waals surface area (Å²) in [5, 5.41) is 3.46. The van der Waals surface area contributed by atoms with Crippen molar-refractivity contribution in [1.82, 2.24) is 14.9 Å². The normalized spacial score (nSPS) is 15.3. The van der Waals surface area contributed by atoms with Gasteiger partial charge in [-0.2, -0.15) is 0 Å². The van der Waals surface area contributed by atoms with Crippen LogP contribution in [-0.4, -0.2) is 22.1 Å². The molecule has 0 aliphatic heterocycles. The summed E-state index contributed by atoms with van der Waals surface area (Å²) in [6, 6.07) is 9.25. The first-order chi connectivity index (χ1) is 8.92. The summed E-state index contributed by atoms with van der Waals surface area (Å²) < 4.78 is 2.00. The van der Waals surface area contributed by atoms with Crippen LogP contribution in [0.3, 0.4) is 0 Å². The van der Waals surface area contributed by atoms with E-state index in [0.29, 0.717) is 0 Å². The molecule has 1 aliphatic carbocycles. The monoisotopic (exact) mass is 239 g/mol. The maximum Gasteiger partial charge on any atom is 0.0991 e. The van der Waals surface area contributed by atoms with Crippen molar-refractivity contribution in [2.75, 3.05) is 6.54 Å². The Morgan fingerprint density at radius 2 is 2.11 bits per heavy atom. The number of nitrogens with zero attached hydrogens (tertiary/aromatic N) is 2. The van der Waals surface area contributed by atoms with Crippen LogP contribution in [0.1, 0.15) is 18.4 Å². The number of rotatable bonds is 5. The molecule has 0 unspecified atom stereocenters. The number of benzene rings is 1. The zero-order valence-electron chi connectivity index (χ0n) is 10.3. The second-order valence-electron chi connectivity index (χ2n) is 4.65. The number of nitrogens with one attached hydrogen (secondary N) is 1. The predicted octanol–water partition coefficient (Wildman–Crippen LogP) is 2.64. The minimum absolute atomic E-state index is 0.776. The highest BCUT2D eigenvalue weighted by Gasteiger charge is 2.18. The van der Waals surface area contributed by atoms with Crippen LogP contribution >= 0.6 is 0 Å². The molecule has 3 rings (SSSR count). The van der Waals surface area contributed by atoms with E-state index in [1.54, 1.807) is 6.20 Å². The molecule has 3 nitrogen and oxygen atoms in total. The summed E-state index contributed by atoms with van der Waals surface area (Å²) in [6.07, 6.45) is 12.6. The van der Waals surface area contributed by atoms with Gasteiger partial charge in [-0.1, -0.05) is 24.3 Å².